The molecule has 0 unspecified atom stereocenters. The first-order chi connectivity index (χ1) is 59.7. The Morgan fingerprint density at radius 2 is 0.760 bits per heavy atom. The summed E-state index contributed by atoms with van der Waals surface area (Å²) in [6, 6.07) is 13.4. The summed E-state index contributed by atoms with van der Waals surface area (Å²) >= 11 is 5.49. The summed E-state index contributed by atoms with van der Waals surface area (Å²) in [6.45, 7) is 32.7. The van der Waals surface area contributed by atoms with Gasteiger partial charge in [-0.05, 0) is 229 Å². The first-order valence-corrected chi connectivity index (χ1v) is 41.7. The van der Waals surface area contributed by atoms with Crippen LogP contribution < -0.4 is 56.2 Å². The number of fused-ring (bicyclic) bond motifs is 3. The van der Waals surface area contributed by atoms with Gasteiger partial charge in [0.25, 0.3) is 17.7 Å². The molecule has 129 heavy (non-hydrogen) atoms. The van der Waals surface area contributed by atoms with Gasteiger partial charge >= 0.3 is 43.9 Å². The molecule has 13 rings (SSSR count). The van der Waals surface area contributed by atoms with Crippen molar-refractivity contribution in [3.63, 3.8) is 0 Å². The van der Waals surface area contributed by atoms with E-state index >= 15 is 0 Å². The Bertz CT molecular complexity index is 5510. The predicted octanol–water partition coefficient (Wildman–Crippen LogP) is 11.3. The quantitative estimate of drug-likeness (QED) is 0.0109. The number of hydrogen-bond acceptors (Lipinski definition) is 23. The zero-order chi connectivity index (χ0) is 92.1. The van der Waals surface area contributed by atoms with Gasteiger partial charge in [0.2, 0.25) is 5.28 Å². The molecule has 0 spiro atoms. The largest absolute Gasteiger partial charge is 1.00 e. The van der Waals surface area contributed by atoms with E-state index in [2.05, 4.69) is 61.8 Å². The van der Waals surface area contributed by atoms with Gasteiger partial charge in [-0.1, -0.05) is 57.2 Å². The van der Waals surface area contributed by atoms with Crippen LogP contribution in [-0.2, 0) is 106 Å². The number of carboxylic acids is 1. The number of anilines is 3. The number of aliphatic carboxylic acids is 1. The van der Waals surface area contributed by atoms with Crippen molar-refractivity contribution in [1.29, 1.82) is 0 Å². The maximum absolute atomic E-state index is 14.9. The summed E-state index contributed by atoms with van der Waals surface area (Å²) in [7, 11) is 1.79. The number of amides is 3. The fraction of sp³-hybridized carbons (Fsp3) is 0.413. The van der Waals surface area contributed by atoms with Crippen LogP contribution in [0.2, 0.25) is 5.28 Å². The molecule has 9 aromatic rings. The van der Waals surface area contributed by atoms with Crippen LogP contribution in [0.1, 0.15) is 203 Å². The van der Waals surface area contributed by atoms with Crippen molar-refractivity contribution >= 4 is 76.9 Å². The maximum atomic E-state index is 14.9. The fourth-order valence-corrected chi connectivity index (χ4v) is 14.2. The fourth-order valence-electron chi connectivity index (χ4n) is 14.0. The van der Waals surface area contributed by atoms with Crippen molar-refractivity contribution in [2.75, 3.05) is 30.2 Å². The molecule has 7 heterocycles. The average Bonchev–Trinajstić information content (AvgIpc) is 1.61. The number of nitrogens with zero attached hydrogens (tertiary/aromatic N) is 6. The molecule has 37 heteroatoms. The van der Waals surface area contributed by atoms with Gasteiger partial charge in [0.1, 0.15) is 69.7 Å². The minimum Gasteiger partial charge on any atom is -0.870 e. The predicted molar refractivity (Wildman–Crippen MR) is 469 cm³/mol. The van der Waals surface area contributed by atoms with E-state index in [0.717, 1.165) is 151 Å². The second-order valence-electron chi connectivity index (χ2n) is 32.5. The Kier molecular flexibility index (Phi) is 37.5. The number of benzene rings is 6. The van der Waals surface area contributed by atoms with Gasteiger partial charge in [0.05, 0.1) is 65.1 Å². The molecule has 6 atom stereocenters. The molecule has 4 aliphatic rings. The summed E-state index contributed by atoms with van der Waals surface area (Å²) in [5.41, 5.74) is 12.6. The third kappa shape index (κ3) is 25.6. The molecular formula is C92H109BClF6LiN12O16. The third-order valence-corrected chi connectivity index (χ3v) is 23.3. The van der Waals surface area contributed by atoms with E-state index in [0.29, 0.717) is 55.5 Å². The van der Waals surface area contributed by atoms with Crippen LogP contribution in [0.15, 0.2) is 91.4 Å². The van der Waals surface area contributed by atoms with Gasteiger partial charge < -0.3 is 81.0 Å². The Morgan fingerprint density at radius 1 is 0.465 bits per heavy atom. The van der Waals surface area contributed by atoms with Crippen LogP contribution in [0.5, 0.6) is 0 Å². The van der Waals surface area contributed by atoms with Gasteiger partial charge in [-0.25, -0.2) is 70.6 Å². The van der Waals surface area contributed by atoms with Gasteiger partial charge in [-0.15, -0.1) is 0 Å². The van der Waals surface area contributed by atoms with E-state index < -0.39 is 124 Å². The Morgan fingerprint density at radius 3 is 1.07 bits per heavy atom. The smallest absolute Gasteiger partial charge is 0.870 e. The number of ether oxygens (including phenoxy) is 5. The Hall–Kier alpha value is -11.0. The van der Waals surface area contributed by atoms with Crippen LogP contribution in [0.3, 0.4) is 0 Å². The van der Waals surface area contributed by atoms with Gasteiger partial charge in [-0.2, -0.15) is 0 Å². The third-order valence-electron chi connectivity index (χ3n) is 23.1. The summed E-state index contributed by atoms with van der Waals surface area (Å²) in [5.74, 6) is -11.2. The van der Waals surface area contributed by atoms with E-state index in [9.17, 15) is 60.2 Å². The number of rotatable bonds is 27. The molecule has 10 N–H and O–H groups in total. The average molecular weight is 1810 g/mol. The normalized spacial score (nSPS) is 14.8. The molecule has 0 bridgehead atoms. The molecule has 686 valence electrons. The molecule has 3 amide bonds. The maximum Gasteiger partial charge on any atom is 1.00 e. The summed E-state index contributed by atoms with van der Waals surface area (Å²) in [5, 5.41) is 26.2. The molecule has 1 saturated heterocycles. The molecule has 3 aromatic heterocycles. The van der Waals surface area contributed by atoms with Crippen molar-refractivity contribution < 1.29 is 123 Å². The molecular weight excluding hydrogens is 1700 g/mol. The van der Waals surface area contributed by atoms with E-state index in [1.54, 1.807) is 30.7 Å². The number of carboxylic acid groups (broad SMARTS) is 1. The van der Waals surface area contributed by atoms with Crippen LogP contribution in [-0.4, -0.2) is 150 Å². The van der Waals surface area contributed by atoms with Crippen molar-refractivity contribution in [3.05, 3.63) is 232 Å². The monoisotopic (exact) mass is 1800 g/mol. The SMILES string of the molecule is CC[C@H](C)Nc1cc(F)c(C(=O)N[C@@H](Cc2ccc(-c3ncc(C)c(C)n3)c3c2COC3)C(=O)O)c(F)c1.CC[C@H](C)Nc1cc(F)c(C(=O)N[C@@H](Cc2ccc(-c3ncc(C)c(C)n3)c3c2COC3)C(=O)OC)c(F)c1.CC[C@H](C)Nc1cc(F)c(C(=O)N[C@@H](Cc2ccc(B3OC(C)(C)C(C)(C)O3)c3c2COC3)C(=O)OC)c(F)c1.Cc1cnc(Cl)nc1C.O.[Li+].[OH-]. The Balaban J connectivity index is 0.000000249. The number of aryl methyl sites for hydroxylation is 6. The van der Waals surface area contributed by atoms with Gasteiger partial charge in [0.15, 0.2) is 11.6 Å². The van der Waals surface area contributed by atoms with E-state index in [1.165, 1.54) is 14.2 Å². The zero-order valence-electron chi connectivity index (χ0n) is 75.7. The molecule has 6 aromatic carbocycles. The minimum atomic E-state index is -1.42. The molecule has 1 fully saturated rings. The van der Waals surface area contributed by atoms with Crippen LogP contribution in [0, 0.1) is 76.4 Å². The zero-order valence-corrected chi connectivity index (χ0v) is 76.5. The van der Waals surface area contributed by atoms with Crippen LogP contribution >= 0.6 is 11.6 Å². The molecule has 0 aliphatic carbocycles. The molecule has 28 nitrogen and oxygen atoms in total. The number of hydrogen-bond donors (Lipinski definition) is 7. The number of methoxy groups -OCH3 is 2. The topological polar surface area (TPSA) is 398 Å². The minimum absolute atomic E-state index is 0. The van der Waals surface area contributed by atoms with E-state index in [1.807, 2.05) is 135 Å². The van der Waals surface area contributed by atoms with Crippen molar-refractivity contribution in [3.8, 4) is 22.8 Å². The number of halogens is 7. The Labute approximate surface area is 763 Å². The first kappa shape index (κ1) is 105. The van der Waals surface area contributed by atoms with Gasteiger partial charge in [-0.3, -0.25) is 14.4 Å². The molecule has 4 aliphatic heterocycles. The number of esters is 2. The van der Waals surface area contributed by atoms with E-state index in [-0.39, 0.29) is 90.9 Å². The molecule has 0 saturated carbocycles. The first-order valence-electron chi connectivity index (χ1n) is 41.3. The van der Waals surface area contributed by atoms with Gasteiger partial charge in [0, 0.05) is 101 Å². The van der Waals surface area contributed by atoms with Crippen molar-refractivity contribution in [2.24, 2.45) is 0 Å². The van der Waals surface area contributed by atoms with E-state index in [4.69, 9.17) is 44.6 Å². The molecule has 0 radical (unpaired) electrons. The van der Waals surface area contributed by atoms with Crippen molar-refractivity contribution in [2.45, 2.75) is 236 Å². The van der Waals surface area contributed by atoms with Crippen LogP contribution in [0.25, 0.3) is 22.8 Å². The second-order valence-corrected chi connectivity index (χ2v) is 32.8. The van der Waals surface area contributed by atoms with Crippen molar-refractivity contribution in [1.82, 2.24) is 45.9 Å². The second kappa shape index (κ2) is 46.0. The standard InChI is InChI=1S/C29H37BF2N2O6.C29H32F2N4O4.C28H30F2N4O4.C6H7ClN2.Li.2H2O/c1-8-16(2)33-18-12-22(31)25(23(32)13-18)26(35)34-24(27(36)37-7)11-17-9-10-21(20-15-38-14-19(17)20)30-39-28(3,4)29(5,6)40-30;1-6-16(3)33-19-10-23(30)26(24(31)11-19)28(36)35-25(29(37)38-5)9-18-7-8-20(22-14-39-13-21(18)22)27-32-12-15(2)17(4)34-27;1-5-15(3)32-18-9-22(29)25(23(30)10-18)27(35)34-24(28(36)37)8-17-6-7-19(21-13-38-12-20(17)21)26-31-11-14(2)16(4)33-26;1-4-3-8-6(7)9-5(4)2;;;/h9-10,12-13,16,24,33H,8,11,14-15H2,1-7H3,(H,34,35);7-8,10-12,16,25,33H,6,9,13-14H2,1-5H3,(H,35,36);6-7,9-11,15,24,32H,5,8,12-13H2,1-4H3,(H,34,35)(H,36,37);3H,1-2H3;;2*1H2/q;;;;+1;;/p-1/t16-,24-;16-,25-;15-,24-;;;;/m000..../s1. The summed E-state index contributed by atoms with van der Waals surface area (Å²) in [4.78, 5) is 102. The summed E-state index contributed by atoms with van der Waals surface area (Å²) < 4.78 is 128. The number of carbonyl (C=O) groups excluding carboxylic acids is 5. The summed E-state index contributed by atoms with van der Waals surface area (Å²) in [6.07, 6.45) is 7.43. The number of aromatic nitrogens is 6. The van der Waals surface area contributed by atoms with Crippen LogP contribution in [0.4, 0.5) is 43.4 Å². The number of carbonyl (C=O) groups is 6. The number of nitrogens with one attached hydrogen (secondary N) is 6.